The van der Waals surface area contributed by atoms with E-state index in [4.69, 9.17) is 6.52 Å². The number of nitrogens with one attached hydrogen (secondary N) is 2. The molecule has 2 rings (SSSR count). The molecule has 1 heterocycles. The summed E-state index contributed by atoms with van der Waals surface area (Å²) in [5, 5.41) is 39.1. The number of hydrogen-bond donors (Lipinski definition) is 6. The molecular formula is C16H18N2O7. The summed E-state index contributed by atoms with van der Waals surface area (Å²) in [5.74, 6) is 0. The van der Waals surface area contributed by atoms with Gasteiger partial charge < -0.3 is 35.5 Å². The van der Waals surface area contributed by atoms with E-state index in [1.165, 1.54) is 24.3 Å². The largest absolute Gasteiger partial charge is 0.394 e. The van der Waals surface area contributed by atoms with Gasteiger partial charge in [0.2, 0.25) is 0 Å². The molecule has 0 aliphatic heterocycles. The highest BCUT2D eigenvalue weighted by Gasteiger charge is 2.31. The summed E-state index contributed by atoms with van der Waals surface area (Å²) >= 11 is 0. The molecule has 1 aromatic carbocycles. The number of aliphatic hydroxyl groups is 4. The van der Waals surface area contributed by atoms with Crippen LogP contribution in [0.3, 0.4) is 0 Å². The Labute approximate surface area is 143 Å². The monoisotopic (exact) mass is 351 g/mol. The van der Waals surface area contributed by atoms with Crippen molar-refractivity contribution < 1.29 is 31.4 Å². The fourth-order valence-corrected chi connectivity index (χ4v) is 2.27. The first-order valence-electron chi connectivity index (χ1n) is 7.79. The lowest BCUT2D eigenvalue weighted by atomic mass is 10.0. The van der Waals surface area contributed by atoms with Crippen molar-refractivity contribution in [3.05, 3.63) is 40.2 Å². The van der Waals surface area contributed by atoms with Gasteiger partial charge in [0.25, 0.3) is 5.56 Å². The fourth-order valence-electron chi connectivity index (χ4n) is 2.27. The van der Waals surface area contributed by atoms with E-state index >= 15 is 0 Å². The number of aromatic amines is 1. The molecular weight excluding hydrogens is 332 g/mol. The molecule has 9 heteroatoms. The molecule has 0 radical (unpaired) electrons. The topological polar surface area (TPSA) is 160 Å². The number of aromatic nitrogens is 1. The molecule has 1 aromatic heterocycles. The molecule has 9 nitrogen and oxygen atoms in total. The van der Waals surface area contributed by atoms with Crippen LogP contribution in [0, 0.1) is 0 Å². The van der Waals surface area contributed by atoms with Gasteiger partial charge in [-0.3, -0.25) is 9.59 Å². The second-order valence-electron chi connectivity index (χ2n) is 5.43. The van der Waals surface area contributed by atoms with Gasteiger partial charge in [-0.2, -0.15) is 0 Å². The number of aldehydes is 2. The van der Waals surface area contributed by atoms with E-state index in [2.05, 4.69) is 4.98 Å². The van der Waals surface area contributed by atoms with Crippen LogP contribution in [0.25, 0.3) is 10.9 Å². The number of rotatable bonds is 8. The highest BCUT2D eigenvalue weighted by Crippen LogP contribution is 2.18. The Kier molecular flexibility index (Phi) is 5.51. The second-order valence-corrected chi connectivity index (χ2v) is 5.43. The molecule has 6 N–H and O–H groups in total. The summed E-state index contributed by atoms with van der Waals surface area (Å²) in [6.45, 7) is -0.835. The van der Waals surface area contributed by atoms with E-state index in [-0.39, 0.29) is 17.5 Å². The minimum absolute atomic E-state index is 0.0599. The third-order valence-electron chi connectivity index (χ3n) is 3.70. The normalized spacial score (nSPS) is 16.6. The number of pyridine rings is 1. The number of fused-ring (bicyclic) bond motifs is 1. The Bertz CT molecular complexity index is 856. The lowest BCUT2D eigenvalue weighted by molar-refractivity contribution is -0.117. The van der Waals surface area contributed by atoms with Crippen molar-refractivity contribution in [2.24, 2.45) is 0 Å². The molecule has 0 amide bonds. The Morgan fingerprint density at radius 1 is 1.20 bits per heavy atom. The van der Waals surface area contributed by atoms with Crippen LogP contribution in [0.5, 0.6) is 0 Å². The number of carbonyl (C=O) groups excluding carboxylic acids is 2. The van der Waals surface area contributed by atoms with Gasteiger partial charge in [-0.05, 0) is 23.6 Å². The van der Waals surface area contributed by atoms with Gasteiger partial charge in [0.15, 0.2) is 7.70 Å². The van der Waals surface area contributed by atoms with E-state index in [1.807, 2.05) is 0 Å². The van der Waals surface area contributed by atoms with E-state index < -0.39 is 36.5 Å². The first-order chi connectivity index (χ1) is 12.3. The molecule has 0 saturated heterocycles. The van der Waals surface area contributed by atoms with Crippen molar-refractivity contribution in [2.75, 3.05) is 11.9 Å². The predicted molar refractivity (Wildman–Crippen MR) is 88.5 cm³/mol. The second kappa shape index (κ2) is 7.99. The Balaban J connectivity index is 2.37. The minimum atomic E-state index is -1.85. The van der Waals surface area contributed by atoms with E-state index in [1.54, 1.807) is 0 Å². The molecule has 0 bridgehead atoms. The molecule has 134 valence electrons. The van der Waals surface area contributed by atoms with Gasteiger partial charge >= 0.3 is 0 Å². The first-order valence-corrected chi connectivity index (χ1v) is 7.34. The van der Waals surface area contributed by atoms with Crippen LogP contribution in [0.15, 0.2) is 29.1 Å². The van der Waals surface area contributed by atoms with Crippen molar-refractivity contribution in [3.63, 3.8) is 0 Å². The van der Waals surface area contributed by atoms with Gasteiger partial charge in [-0.25, -0.2) is 0 Å². The van der Waals surface area contributed by atoms with Crippen LogP contribution in [-0.2, 0) is 4.79 Å². The van der Waals surface area contributed by atoms with Crippen molar-refractivity contribution in [1.29, 1.82) is 0 Å². The lowest BCUT2D eigenvalue weighted by Gasteiger charge is -2.26. The first kappa shape index (κ1) is 17.2. The molecule has 0 aliphatic rings. The number of benzene rings is 1. The van der Waals surface area contributed by atoms with Crippen LogP contribution in [0.4, 0.5) is 5.69 Å². The standard InChI is InChI=1S/C16H18N2O7/c19-5-9-3-8-1-2-10(4-11(8)18-16(9)25)17-12(6-20)14(23)15(24)13(22)7-21/h1-6,12-15,17,21-24H,7H2,(H,18,25)/t12-,13+,14+,15+/m0/s1/i/hD. The van der Waals surface area contributed by atoms with E-state index in [0.717, 1.165) is 0 Å². The summed E-state index contributed by atoms with van der Waals surface area (Å²) in [6, 6.07) is 4.09. The zero-order chi connectivity index (χ0) is 19.4. The van der Waals surface area contributed by atoms with Crippen molar-refractivity contribution in [3.8, 4) is 0 Å². The fraction of sp³-hybridized carbons (Fsp3) is 0.312. The van der Waals surface area contributed by atoms with E-state index in [0.29, 0.717) is 22.5 Å². The zero-order valence-corrected chi connectivity index (χ0v) is 12.9. The van der Waals surface area contributed by atoms with Crippen LogP contribution in [-0.4, -0.2) is 68.9 Å². The summed E-state index contributed by atoms with van der Waals surface area (Å²) < 4.78 is 8.04. The van der Waals surface area contributed by atoms with Gasteiger partial charge in [-0.15, -0.1) is 0 Å². The van der Waals surface area contributed by atoms with Crippen molar-refractivity contribution in [2.45, 2.75) is 24.4 Å². The van der Waals surface area contributed by atoms with Crippen LogP contribution >= 0.6 is 0 Å². The molecule has 0 fully saturated rings. The zero-order valence-electron chi connectivity index (χ0n) is 13.9. The molecule has 0 spiro atoms. The highest BCUT2D eigenvalue weighted by atomic mass is 16.4. The van der Waals surface area contributed by atoms with Crippen LogP contribution in [0.2, 0.25) is 1.41 Å². The molecule has 4 atom stereocenters. The van der Waals surface area contributed by atoms with Crippen molar-refractivity contribution >= 4 is 29.2 Å². The lowest BCUT2D eigenvalue weighted by Crippen LogP contribution is -2.49. The molecule has 2 aromatic rings. The average Bonchev–Trinajstić information content (AvgIpc) is 2.65. The summed E-state index contributed by atoms with van der Waals surface area (Å²) in [7, 11) is 0. The highest BCUT2D eigenvalue weighted by molar-refractivity contribution is 5.87. The third-order valence-corrected chi connectivity index (χ3v) is 3.70. The Hall–Kier alpha value is -2.59. The average molecular weight is 351 g/mol. The van der Waals surface area contributed by atoms with E-state index in [9.17, 15) is 29.7 Å². The summed E-state index contributed by atoms with van der Waals surface area (Å²) in [4.78, 5) is 36.3. The Morgan fingerprint density at radius 2 is 1.92 bits per heavy atom. The number of H-pyrrole nitrogens is 1. The van der Waals surface area contributed by atoms with Gasteiger partial charge in [0, 0.05) is 5.69 Å². The van der Waals surface area contributed by atoms with Gasteiger partial charge in [-0.1, -0.05) is 6.07 Å². The SMILES string of the molecule is [2H]N(c1ccc2cc(C=O)c(=O)[nH]c2c1)[C@@H](C=O)[C@@H](O)[C@H](O)[C@H](O)CO. The van der Waals surface area contributed by atoms with Gasteiger partial charge in [0.05, 0.1) is 17.7 Å². The molecule has 0 unspecified atom stereocenters. The van der Waals surface area contributed by atoms with Crippen LogP contribution in [0.1, 0.15) is 10.4 Å². The maximum atomic E-state index is 11.7. The molecule has 25 heavy (non-hydrogen) atoms. The van der Waals surface area contributed by atoms with Gasteiger partial charge in [0.1, 0.15) is 30.6 Å². The van der Waals surface area contributed by atoms with Crippen LogP contribution < -0.4 is 10.9 Å². The quantitative estimate of drug-likeness (QED) is 0.310. The molecule has 0 saturated carbocycles. The smallest absolute Gasteiger partial charge is 0.259 e. The summed E-state index contributed by atoms with van der Waals surface area (Å²) in [5.41, 5.74) is -0.274. The minimum Gasteiger partial charge on any atom is -0.394 e. The Morgan fingerprint density at radius 3 is 2.52 bits per heavy atom. The summed E-state index contributed by atoms with van der Waals surface area (Å²) in [6.07, 6.45) is -4.75. The maximum Gasteiger partial charge on any atom is 0.259 e. The third kappa shape index (κ3) is 4.09. The predicted octanol–water partition coefficient (Wildman–Crippen LogP) is -1.61. The van der Waals surface area contributed by atoms with Crippen molar-refractivity contribution in [1.82, 2.24) is 4.98 Å². The number of hydrogen-bond acceptors (Lipinski definition) is 8. The molecule has 0 aliphatic carbocycles. The number of anilines is 1. The maximum absolute atomic E-state index is 11.7. The number of aliphatic hydroxyl groups excluding tert-OH is 4. The number of carbonyl (C=O) groups is 2.